The van der Waals surface area contributed by atoms with E-state index in [0.717, 1.165) is 0 Å². The van der Waals surface area contributed by atoms with Gasteiger partial charge >= 0.3 is 88.7 Å². The first-order valence-corrected chi connectivity index (χ1v) is 0. The number of rotatable bonds is 0. The Kier molecular flexibility index (Phi) is 10100. The zero-order valence-electron chi connectivity index (χ0n) is 5.00. The normalized spacial score (nSPS) is 0. The molecule has 0 aromatic carbocycles. The van der Waals surface area contributed by atoms with E-state index in [0.29, 0.717) is 0 Å². The predicted molar refractivity (Wildman–Crippen MR) is 64.4 cm³/mol. The Hall–Kier alpha value is 2.99. The molecule has 0 spiro atoms. The molecule has 86 valence electrons. The molecule has 0 aliphatic rings. The molecule has 0 unspecified atom stereocenters. The third-order valence-corrected chi connectivity index (χ3v) is 0. The van der Waals surface area contributed by atoms with Gasteiger partial charge in [0.2, 0.25) is 0 Å². The van der Waals surface area contributed by atoms with Crippen molar-refractivity contribution < 1.29 is 49.3 Å². The van der Waals surface area contributed by atoms with Crippen LogP contribution in [0.2, 0.25) is 0 Å². The predicted octanol–water partition coefficient (Wildman–Crippen LogP) is -9.25. The molecule has 13 heavy (non-hydrogen) atoms. The van der Waals surface area contributed by atoms with Crippen molar-refractivity contribution in [3.05, 3.63) is 0 Å². The maximum atomic E-state index is 0. The third-order valence-electron chi connectivity index (χ3n) is 0. The fourth-order valence-corrected chi connectivity index (χ4v) is 0. The third kappa shape index (κ3) is 283. The quantitative estimate of drug-likeness (QED) is 0.369. The van der Waals surface area contributed by atoms with Crippen LogP contribution in [0, 0.1) is 0 Å². The Morgan fingerprint density at radius 3 is 0.231 bits per heavy atom. The van der Waals surface area contributed by atoms with Crippen molar-refractivity contribution in [1.29, 1.82) is 0 Å². The second-order valence-corrected chi connectivity index (χ2v) is 0. The fourth-order valence-electron chi connectivity index (χ4n) is 0. The van der Waals surface area contributed by atoms with Gasteiger partial charge < -0.3 is 49.3 Å². The van der Waals surface area contributed by atoms with Crippen molar-refractivity contribution in [3.8, 4) is 0 Å². The Morgan fingerprint density at radius 1 is 0.231 bits per heavy atom. The second kappa shape index (κ2) is 328. The van der Waals surface area contributed by atoms with E-state index in [9.17, 15) is 0 Å². The molecule has 0 amide bonds. The average Bonchev–Trinajstić information content (AvgIpc) is 0. The topological polar surface area (TPSA) is 284 Å². The van der Waals surface area contributed by atoms with E-state index in [4.69, 9.17) is 0 Å². The van der Waals surface area contributed by atoms with Gasteiger partial charge in [0, 0.05) is 0 Å². The molecular formula is H23Na3O9S. The molecular weight excluding hydrogens is 245 g/mol. The first kappa shape index (κ1) is 402. The molecule has 0 atom stereocenters. The van der Waals surface area contributed by atoms with E-state index in [1.54, 1.807) is 0 Å². The standard InChI is InChI=1S/3Na.9H2O.H2S.3H/h;;;10*1H2;;;. The van der Waals surface area contributed by atoms with Gasteiger partial charge in [0.25, 0.3) is 0 Å². The molecule has 18 N–H and O–H groups in total. The molecule has 0 aliphatic carbocycles. The summed E-state index contributed by atoms with van der Waals surface area (Å²) in [6, 6.07) is 0. The van der Waals surface area contributed by atoms with Crippen LogP contribution in [0.15, 0.2) is 0 Å². The van der Waals surface area contributed by atoms with Gasteiger partial charge in [0.1, 0.15) is 0 Å². The van der Waals surface area contributed by atoms with E-state index < -0.39 is 0 Å². The van der Waals surface area contributed by atoms with Crippen LogP contribution in [0.5, 0.6) is 0 Å². The molecule has 0 saturated heterocycles. The molecule has 0 aromatic rings. The van der Waals surface area contributed by atoms with E-state index in [-0.39, 0.29) is 151 Å². The van der Waals surface area contributed by atoms with Crippen LogP contribution in [0.1, 0.15) is 0 Å². The van der Waals surface area contributed by atoms with Gasteiger partial charge in [-0.3, -0.25) is 0 Å². The molecule has 0 fully saturated rings. The van der Waals surface area contributed by atoms with Crippen molar-refractivity contribution in [1.82, 2.24) is 0 Å². The van der Waals surface area contributed by atoms with Crippen LogP contribution in [-0.4, -0.2) is 138 Å². The molecule has 0 aliphatic heterocycles. The minimum atomic E-state index is 0. The monoisotopic (exact) mass is 268 g/mol. The van der Waals surface area contributed by atoms with E-state index in [1.165, 1.54) is 0 Å². The van der Waals surface area contributed by atoms with Crippen LogP contribution < -0.4 is 0 Å². The molecule has 0 radical (unpaired) electrons. The maximum absolute atomic E-state index is 0. The summed E-state index contributed by atoms with van der Waals surface area (Å²) in [5, 5.41) is 0. The van der Waals surface area contributed by atoms with E-state index in [2.05, 4.69) is 0 Å². The van der Waals surface area contributed by atoms with E-state index in [1.807, 2.05) is 0 Å². The summed E-state index contributed by atoms with van der Waals surface area (Å²) in [5.41, 5.74) is 0. The van der Waals surface area contributed by atoms with Gasteiger partial charge in [0.05, 0.1) is 0 Å². The van der Waals surface area contributed by atoms with Crippen LogP contribution in [0.4, 0.5) is 0 Å². The second-order valence-electron chi connectivity index (χ2n) is 0. The summed E-state index contributed by atoms with van der Waals surface area (Å²) in [4.78, 5) is 0. The van der Waals surface area contributed by atoms with Gasteiger partial charge in [-0.2, -0.15) is 13.5 Å². The van der Waals surface area contributed by atoms with Crippen molar-refractivity contribution in [2.75, 3.05) is 0 Å². The average molecular weight is 268 g/mol. The molecule has 0 saturated carbocycles. The fraction of sp³-hybridized carbons (Fsp3) is 0. The Balaban J connectivity index is 0. The number of hydrogen-bond donors (Lipinski definition) is 0. The van der Waals surface area contributed by atoms with Crippen molar-refractivity contribution in [2.45, 2.75) is 0 Å². The Morgan fingerprint density at radius 2 is 0.231 bits per heavy atom. The summed E-state index contributed by atoms with van der Waals surface area (Å²) in [5.74, 6) is 0. The first-order chi connectivity index (χ1) is 0. The van der Waals surface area contributed by atoms with Gasteiger partial charge in [0.15, 0.2) is 0 Å². The zero-order chi connectivity index (χ0) is 0. The first-order valence-electron chi connectivity index (χ1n) is 0. The van der Waals surface area contributed by atoms with Gasteiger partial charge in [-0.15, -0.1) is 0 Å². The van der Waals surface area contributed by atoms with E-state index >= 15 is 0 Å². The van der Waals surface area contributed by atoms with Gasteiger partial charge in [-0.05, 0) is 0 Å². The van der Waals surface area contributed by atoms with Crippen LogP contribution in [0.3, 0.4) is 0 Å². The van der Waals surface area contributed by atoms with Crippen LogP contribution in [0.25, 0.3) is 0 Å². The summed E-state index contributed by atoms with van der Waals surface area (Å²) >= 11 is 0. The van der Waals surface area contributed by atoms with Crippen molar-refractivity contribution in [2.24, 2.45) is 0 Å². The Labute approximate surface area is 149 Å². The summed E-state index contributed by atoms with van der Waals surface area (Å²) < 4.78 is 0. The Bertz CT molecular complexity index is 14.8. The molecule has 13 heteroatoms. The minimum absolute atomic E-state index is 0. The molecule has 0 rings (SSSR count). The van der Waals surface area contributed by atoms with Crippen LogP contribution in [-0.2, 0) is 0 Å². The summed E-state index contributed by atoms with van der Waals surface area (Å²) in [6.07, 6.45) is 0. The van der Waals surface area contributed by atoms with Crippen LogP contribution >= 0.6 is 13.5 Å². The van der Waals surface area contributed by atoms with Gasteiger partial charge in [-0.1, -0.05) is 0 Å². The number of hydrogen-bond acceptors (Lipinski definition) is 0. The van der Waals surface area contributed by atoms with Crippen molar-refractivity contribution >= 4 is 102 Å². The summed E-state index contributed by atoms with van der Waals surface area (Å²) in [7, 11) is 0. The van der Waals surface area contributed by atoms with Crippen molar-refractivity contribution in [3.63, 3.8) is 0 Å². The SMILES string of the molecule is O.O.O.O.O.O.O.O.O.S.[NaH].[NaH].[NaH]. The molecule has 9 nitrogen and oxygen atoms in total. The zero-order valence-corrected chi connectivity index (χ0v) is 6.00. The summed E-state index contributed by atoms with van der Waals surface area (Å²) in [6.45, 7) is 0. The molecule has 0 bridgehead atoms. The van der Waals surface area contributed by atoms with Gasteiger partial charge in [-0.25, -0.2) is 0 Å². The molecule has 0 aromatic heterocycles. The molecule has 0 heterocycles.